The summed E-state index contributed by atoms with van der Waals surface area (Å²) in [7, 11) is 0. The fraction of sp³-hybridized carbons (Fsp3) is 0.682. The molecule has 1 saturated heterocycles. The third-order valence-corrected chi connectivity index (χ3v) is 6.50. The molecule has 1 heterocycles. The average Bonchev–Trinajstić information content (AvgIpc) is 2.90. The van der Waals surface area contributed by atoms with Crippen molar-refractivity contribution in [2.24, 2.45) is 21.3 Å². The van der Waals surface area contributed by atoms with Gasteiger partial charge in [0.2, 0.25) is 0 Å². The molecule has 0 spiro atoms. The van der Waals surface area contributed by atoms with E-state index in [-0.39, 0.29) is 19.6 Å². The molecule has 0 aromatic heterocycles. The molecule has 0 amide bonds. The highest BCUT2D eigenvalue weighted by atomic mass is 19.1. The Bertz CT molecular complexity index is 1100. The van der Waals surface area contributed by atoms with Crippen LogP contribution in [0, 0.1) is 5.92 Å². The third-order valence-electron chi connectivity index (χ3n) is 6.50. The summed E-state index contributed by atoms with van der Waals surface area (Å²) in [6, 6.07) is 6.86. The van der Waals surface area contributed by atoms with Crippen molar-refractivity contribution in [2.45, 2.75) is 81.9 Å². The molecule has 0 unspecified atom stereocenters. The molecule has 10 atom stereocenters. The van der Waals surface area contributed by atoms with Gasteiger partial charge in [-0.25, -0.2) is 4.39 Å². The molecule has 1 saturated carbocycles. The Morgan fingerprint density at radius 1 is 1.11 bits per heavy atom. The zero-order chi connectivity index (χ0) is 27.7. The van der Waals surface area contributed by atoms with Gasteiger partial charge in [-0.05, 0) is 28.6 Å². The minimum Gasteiger partial charge on any atom is -0.459 e. The predicted molar refractivity (Wildman–Crippen MR) is 129 cm³/mol. The van der Waals surface area contributed by atoms with Crippen LogP contribution in [0.2, 0.25) is 0 Å². The number of azide groups is 3. The number of halogens is 1. The number of rotatable bonds is 10. The number of esters is 1. The van der Waals surface area contributed by atoms with E-state index in [4.69, 9.17) is 35.5 Å². The van der Waals surface area contributed by atoms with Gasteiger partial charge < -0.3 is 24.1 Å². The van der Waals surface area contributed by atoms with Gasteiger partial charge in [-0.15, -0.1) is 0 Å². The molecule has 38 heavy (non-hydrogen) atoms. The summed E-state index contributed by atoms with van der Waals surface area (Å²) in [6.07, 6.45) is -9.68. The summed E-state index contributed by atoms with van der Waals surface area (Å²) in [5.74, 6) is -1.49. The van der Waals surface area contributed by atoms with Crippen molar-refractivity contribution in [3.63, 3.8) is 0 Å². The molecule has 1 aromatic rings. The lowest BCUT2D eigenvalue weighted by atomic mass is 9.84. The molecule has 1 aromatic carbocycles. The van der Waals surface area contributed by atoms with Gasteiger partial charge in [0.1, 0.15) is 24.5 Å². The second-order valence-electron chi connectivity index (χ2n) is 8.97. The van der Waals surface area contributed by atoms with Gasteiger partial charge in [-0.3, -0.25) is 4.79 Å². The van der Waals surface area contributed by atoms with E-state index in [1.165, 1.54) is 0 Å². The van der Waals surface area contributed by atoms with Gasteiger partial charge in [-0.2, -0.15) is 0 Å². The number of carbonyl (C=O) groups excluding carboxylic acids is 1. The van der Waals surface area contributed by atoms with E-state index >= 15 is 4.39 Å². The number of carbonyl (C=O) groups is 1. The van der Waals surface area contributed by atoms with E-state index in [0.29, 0.717) is 0 Å². The molecule has 1 aliphatic carbocycles. The van der Waals surface area contributed by atoms with E-state index in [1.54, 1.807) is 31.2 Å². The van der Waals surface area contributed by atoms with E-state index < -0.39 is 67.0 Å². The summed E-state index contributed by atoms with van der Waals surface area (Å²) >= 11 is 0. The van der Waals surface area contributed by atoms with Crippen LogP contribution in [-0.2, 0) is 30.3 Å². The van der Waals surface area contributed by atoms with E-state index in [2.05, 4.69) is 30.1 Å². The van der Waals surface area contributed by atoms with Crippen LogP contribution < -0.4 is 0 Å². The minimum atomic E-state index is -1.63. The van der Waals surface area contributed by atoms with E-state index in [1.807, 2.05) is 6.07 Å². The van der Waals surface area contributed by atoms with Crippen LogP contribution in [0.15, 0.2) is 45.7 Å². The Kier molecular flexibility index (Phi) is 10.5. The smallest absolute Gasteiger partial charge is 0.303 e. The molecular formula is C22H28FN9O6. The highest BCUT2D eigenvalue weighted by Crippen LogP contribution is 2.36. The Balaban J connectivity index is 1.92. The van der Waals surface area contributed by atoms with E-state index in [9.17, 15) is 9.90 Å². The molecule has 1 aliphatic heterocycles. The van der Waals surface area contributed by atoms with Crippen molar-refractivity contribution < 1.29 is 33.2 Å². The molecule has 204 valence electrons. The van der Waals surface area contributed by atoms with Gasteiger partial charge >= 0.3 is 5.97 Å². The van der Waals surface area contributed by atoms with Crippen molar-refractivity contribution in [3.8, 4) is 0 Å². The first-order valence-electron chi connectivity index (χ1n) is 11.9. The highest BCUT2D eigenvalue weighted by Gasteiger charge is 2.51. The number of ether oxygens (including phenoxy) is 4. The summed E-state index contributed by atoms with van der Waals surface area (Å²) in [5, 5.41) is 21.8. The van der Waals surface area contributed by atoms with Gasteiger partial charge in [0, 0.05) is 27.6 Å². The van der Waals surface area contributed by atoms with Crippen LogP contribution >= 0.6 is 0 Å². The van der Waals surface area contributed by atoms with Crippen LogP contribution in [-0.4, -0.2) is 72.7 Å². The highest BCUT2D eigenvalue weighted by molar-refractivity contribution is 5.66. The molecule has 0 radical (unpaired) electrons. The monoisotopic (exact) mass is 533 g/mol. The number of nitrogens with zero attached hydrogens (tertiary/aromatic N) is 9. The number of aliphatic hydroxyl groups is 1. The molecule has 1 N–H and O–H groups in total. The number of hydrogen-bond acceptors (Lipinski definition) is 9. The number of hydrogen-bond donors (Lipinski definition) is 1. The minimum absolute atomic E-state index is 0.0188. The molecule has 2 aliphatic rings. The lowest BCUT2D eigenvalue weighted by Gasteiger charge is -2.46. The topological polar surface area (TPSA) is 221 Å². The van der Waals surface area contributed by atoms with Crippen molar-refractivity contribution >= 4 is 5.97 Å². The summed E-state index contributed by atoms with van der Waals surface area (Å²) < 4.78 is 38.7. The first-order chi connectivity index (χ1) is 18.3. The molecule has 0 bridgehead atoms. The number of alkyl halides is 1. The van der Waals surface area contributed by atoms with Gasteiger partial charge in [-0.1, -0.05) is 52.6 Å². The van der Waals surface area contributed by atoms with E-state index in [0.717, 1.165) is 12.5 Å². The first kappa shape index (κ1) is 29.0. The number of aliphatic hydroxyl groups excluding tert-OH is 1. The fourth-order valence-electron chi connectivity index (χ4n) is 4.58. The van der Waals surface area contributed by atoms with Crippen LogP contribution in [0.1, 0.15) is 25.8 Å². The average molecular weight is 534 g/mol. The second-order valence-corrected chi connectivity index (χ2v) is 8.97. The maximum atomic E-state index is 15.7. The van der Waals surface area contributed by atoms with Crippen LogP contribution in [0.5, 0.6) is 0 Å². The zero-order valence-electron chi connectivity index (χ0n) is 20.7. The number of benzene rings is 1. The van der Waals surface area contributed by atoms with Crippen LogP contribution in [0.3, 0.4) is 0 Å². The van der Waals surface area contributed by atoms with Gasteiger partial charge in [0.15, 0.2) is 6.29 Å². The largest absolute Gasteiger partial charge is 0.459 e. The van der Waals surface area contributed by atoms with Crippen LogP contribution in [0.4, 0.5) is 4.39 Å². The van der Waals surface area contributed by atoms with Gasteiger partial charge in [0.25, 0.3) is 0 Å². The lowest BCUT2D eigenvalue weighted by Crippen LogP contribution is -2.61. The Morgan fingerprint density at radius 2 is 1.76 bits per heavy atom. The van der Waals surface area contributed by atoms with Crippen molar-refractivity contribution in [3.05, 3.63) is 67.2 Å². The van der Waals surface area contributed by atoms with Crippen molar-refractivity contribution in [1.82, 2.24) is 0 Å². The normalized spacial score (nSPS) is 34.6. The maximum absolute atomic E-state index is 15.7. The quantitative estimate of drug-likeness (QED) is 0.202. The van der Waals surface area contributed by atoms with Crippen molar-refractivity contribution in [2.75, 3.05) is 6.54 Å². The second kappa shape index (κ2) is 13.8. The zero-order valence-corrected chi connectivity index (χ0v) is 20.7. The molecule has 3 rings (SSSR count). The van der Waals surface area contributed by atoms with Crippen molar-refractivity contribution in [1.29, 1.82) is 0 Å². The summed E-state index contributed by atoms with van der Waals surface area (Å²) in [6.45, 7) is 2.52. The maximum Gasteiger partial charge on any atom is 0.303 e. The molecule has 15 nitrogen and oxygen atoms in total. The molecule has 16 heteroatoms. The first-order valence-corrected chi connectivity index (χ1v) is 11.9. The summed E-state index contributed by atoms with van der Waals surface area (Å²) in [4.78, 5) is 19.9. The Hall–Kier alpha value is -3.61. The molecular weight excluding hydrogens is 505 g/mol. The van der Waals surface area contributed by atoms with Crippen LogP contribution in [0.25, 0.3) is 31.3 Å². The van der Waals surface area contributed by atoms with Gasteiger partial charge in [0.05, 0.1) is 37.4 Å². The standard InChI is InChI=1S/C22H28FN9O6/c1-11-16(9-27-30-24)37-22(21(17(11)23)35-10-13-6-4-3-5-7-13)38-20-15(29-32-26)8-14(28-31-25)19(18(20)34)36-12(2)33/h3-7,11,14-22,34H,8-10H2,1-2H3/t11-,14-,15+,16-,17+,18-,19+,20-,21-,22-/m1/s1. The molecule has 2 fully saturated rings. The fourth-order valence-corrected chi connectivity index (χ4v) is 4.58. The predicted octanol–water partition coefficient (Wildman–Crippen LogP) is 4.02. The lowest BCUT2D eigenvalue weighted by molar-refractivity contribution is -0.311. The Morgan fingerprint density at radius 3 is 2.37 bits per heavy atom. The Labute approximate surface area is 216 Å². The SMILES string of the molecule is CC(=O)O[C@@H]1[C@@H](O)[C@H](O[C@H]2O[C@H](CN=[N+]=[N-])[C@@H](C)[C@H](F)[C@H]2OCc2ccccc2)[C@@H](N=[N+]=[N-])C[C@H]1N=[N+]=[N-]. The third kappa shape index (κ3) is 7.03. The summed E-state index contributed by atoms with van der Waals surface area (Å²) in [5.41, 5.74) is 27.5.